The molecule has 2 aromatic rings. The minimum atomic E-state index is -1.17. The van der Waals surface area contributed by atoms with E-state index in [2.05, 4.69) is 5.32 Å². The van der Waals surface area contributed by atoms with Gasteiger partial charge < -0.3 is 10.2 Å². The van der Waals surface area contributed by atoms with Gasteiger partial charge in [-0.3, -0.25) is 14.5 Å². The van der Waals surface area contributed by atoms with Crippen molar-refractivity contribution in [2.45, 2.75) is 57.0 Å². The van der Waals surface area contributed by atoms with Gasteiger partial charge in [0, 0.05) is 12.6 Å². The molecule has 2 saturated heterocycles. The van der Waals surface area contributed by atoms with Crippen molar-refractivity contribution in [1.29, 1.82) is 0 Å². The highest BCUT2D eigenvalue weighted by molar-refractivity contribution is 6.09. The van der Waals surface area contributed by atoms with Gasteiger partial charge in [0.25, 0.3) is 5.91 Å². The number of urea groups is 1. The average molecular weight is 420 g/mol. The molecule has 0 unspecified atom stereocenters. The van der Waals surface area contributed by atoms with Crippen molar-refractivity contribution < 1.29 is 14.4 Å². The van der Waals surface area contributed by atoms with Crippen LogP contribution in [-0.4, -0.2) is 46.8 Å². The molecular weight excluding hydrogens is 390 g/mol. The molecule has 3 aliphatic rings. The Hall–Kier alpha value is -2.89. The molecule has 0 bridgehead atoms. The van der Waals surface area contributed by atoms with E-state index in [-0.39, 0.29) is 24.4 Å². The van der Waals surface area contributed by atoms with E-state index in [0.717, 1.165) is 47.0 Å². The quantitative estimate of drug-likeness (QED) is 0.770. The van der Waals surface area contributed by atoms with Crippen LogP contribution >= 0.6 is 0 Å². The Morgan fingerprint density at radius 2 is 1.77 bits per heavy atom. The molecule has 2 heterocycles. The van der Waals surface area contributed by atoms with Gasteiger partial charge in [-0.2, -0.15) is 0 Å². The Kier molecular flexibility index (Phi) is 4.95. The molecule has 162 valence electrons. The van der Waals surface area contributed by atoms with Crippen molar-refractivity contribution in [2.24, 2.45) is 5.92 Å². The molecule has 1 N–H and O–H groups in total. The first-order chi connectivity index (χ1) is 15.0. The normalized spacial score (nSPS) is 28.5. The third kappa shape index (κ3) is 3.38. The van der Waals surface area contributed by atoms with Crippen molar-refractivity contribution in [3.8, 4) is 0 Å². The van der Waals surface area contributed by atoms with E-state index in [1.54, 1.807) is 6.92 Å². The van der Waals surface area contributed by atoms with Gasteiger partial charge in [0.1, 0.15) is 12.1 Å². The monoisotopic (exact) mass is 419 g/mol. The highest BCUT2D eigenvalue weighted by Crippen LogP contribution is 2.36. The predicted molar refractivity (Wildman–Crippen MR) is 118 cm³/mol. The summed E-state index contributed by atoms with van der Waals surface area (Å²) in [6.45, 7) is 2.27. The fourth-order valence-corrected chi connectivity index (χ4v) is 5.70. The van der Waals surface area contributed by atoms with Gasteiger partial charge >= 0.3 is 6.03 Å². The summed E-state index contributed by atoms with van der Waals surface area (Å²) in [7, 11) is 0. The molecule has 0 radical (unpaired) electrons. The van der Waals surface area contributed by atoms with Gasteiger partial charge in [-0.1, -0.05) is 49.2 Å². The summed E-state index contributed by atoms with van der Waals surface area (Å²) in [4.78, 5) is 42.3. The maximum Gasteiger partial charge on any atom is 0.325 e. The minimum absolute atomic E-state index is 0.108. The van der Waals surface area contributed by atoms with Crippen LogP contribution in [-0.2, 0) is 15.1 Å². The van der Waals surface area contributed by atoms with Crippen LogP contribution in [0.5, 0.6) is 0 Å². The van der Waals surface area contributed by atoms with Gasteiger partial charge in [0.2, 0.25) is 5.91 Å². The van der Waals surface area contributed by atoms with Crippen molar-refractivity contribution in [3.05, 3.63) is 48.0 Å². The van der Waals surface area contributed by atoms with Crippen LogP contribution in [0.1, 0.15) is 51.0 Å². The van der Waals surface area contributed by atoms with E-state index in [1.807, 2.05) is 47.4 Å². The van der Waals surface area contributed by atoms with Crippen LogP contribution in [0.25, 0.3) is 10.8 Å². The van der Waals surface area contributed by atoms with E-state index >= 15 is 0 Å². The summed E-state index contributed by atoms with van der Waals surface area (Å²) in [6.07, 6.45) is 6.77. The number of piperidine rings is 1. The fraction of sp³-hybridized carbons (Fsp3) is 0.480. The molecule has 31 heavy (non-hydrogen) atoms. The second-order valence-corrected chi connectivity index (χ2v) is 9.35. The second kappa shape index (κ2) is 7.66. The highest BCUT2D eigenvalue weighted by atomic mass is 16.2. The van der Waals surface area contributed by atoms with Gasteiger partial charge in [-0.25, -0.2) is 4.79 Å². The Morgan fingerprint density at radius 3 is 2.61 bits per heavy atom. The topological polar surface area (TPSA) is 69.7 Å². The molecule has 4 amide bonds. The number of nitrogens with zero attached hydrogens (tertiary/aromatic N) is 2. The molecule has 1 aliphatic carbocycles. The summed E-state index contributed by atoms with van der Waals surface area (Å²) in [5.74, 6) is 0.0959. The molecule has 5 rings (SSSR count). The Bertz CT molecular complexity index is 1050. The van der Waals surface area contributed by atoms with Gasteiger partial charge in [0.05, 0.1) is 0 Å². The lowest BCUT2D eigenvalue weighted by Gasteiger charge is -2.44. The third-order valence-corrected chi connectivity index (χ3v) is 7.46. The van der Waals surface area contributed by atoms with E-state index in [0.29, 0.717) is 5.92 Å². The standard InChI is InChI=1S/C25H29N3O3/c1-25(20-13-12-17-7-2-3-9-19(17)15-20)23(30)28(24(31)26-25)16-22(29)27-14-6-10-18-8-4-5-11-21(18)27/h2-3,7,9,12-13,15,18,21H,4-6,8,10-11,14,16H2,1H3,(H,26,31)/t18-,21-,25+/m0/s1. The fourth-order valence-electron chi connectivity index (χ4n) is 5.70. The first kappa shape index (κ1) is 20.0. The first-order valence-electron chi connectivity index (χ1n) is 11.4. The summed E-state index contributed by atoms with van der Waals surface area (Å²) in [5, 5.41) is 4.93. The summed E-state index contributed by atoms with van der Waals surface area (Å²) in [6, 6.07) is 13.5. The number of hydrogen-bond donors (Lipinski definition) is 1. The predicted octanol–water partition coefficient (Wildman–Crippen LogP) is 3.79. The minimum Gasteiger partial charge on any atom is -0.338 e. The van der Waals surface area contributed by atoms with Crippen LogP contribution < -0.4 is 5.32 Å². The number of carbonyl (C=O) groups excluding carboxylic acids is 3. The van der Waals surface area contributed by atoms with E-state index in [4.69, 9.17) is 0 Å². The Morgan fingerprint density at radius 1 is 1.03 bits per heavy atom. The van der Waals surface area contributed by atoms with Crippen LogP contribution in [0.15, 0.2) is 42.5 Å². The molecular formula is C25H29N3O3. The molecule has 2 aliphatic heterocycles. The third-order valence-electron chi connectivity index (χ3n) is 7.46. The average Bonchev–Trinajstić information content (AvgIpc) is 3.02. The van der Waals surface area contributed by atoms with Crippen molar-refractivity contribution in [2.75, 3.05) is 13.1 Å². The number of fused-ring (bicyclic) bond motifs is 2. The number of benzene rings is 2. The van der Waals surface area contributed by atoms with Crippen LogP contribution in [0.3, 0.4) is 0 Å². The molecule has 3 atom stereocenters. The van der Waals surface area contributed by atoms with Crippen LogP contribution in [0, 0.1) is 5.92 Å². The lowest BCUT2D eigenvalue weighted by atomic mass is 9.78. The zero-order chi connectivity index (χ0) is 21.6. The maximum atomic E-state index is 13.3. The van der Waals surface area contributed by atoms with Gasteiger partial charge in [0.15, 0.2) is 0 Å². The number of carbonyl (C=O) groups is 3. The SMILES string of the molecule is C[C@]1(c2ccc3ccccc3c2)NC(=O)N(CC(=O)N2CCC[C@@H]3CCCC[C@@H]32)C1=O. The van der Waals surface area contributed by atoms with E-state index < -0.39 is 11.6 Å². The lowest BCUT2D eigenvalue weighted by molar-refractivity contribution is -0.142. The smallest absolute Gasteiger partial charge is 0.325 e. The van der Waals surface area contributed by atoms with Crippen molar-refractivity contribution in [1.82, 2.24) is 15.1 Å². The molecule has 2 aromatic carbocycles. The lowest BCUT2D eigenvalue weighted by Crippen LogP contribution is -2.53. The largest absolute Gasteiger partial charge is 0.338 e. The Balaban J connectivity index is 1.36. The summed E-state index contributed by atoms with van der Waals surface area (Å²) < 4.78 is 0. The zero-order valence-electron chi connectivity index (χ0n) is 18.0. The van der Waals surface area contributed by atoms with E-state index in [9.17, 15) is 14.4 Å². The second-order valence-electron chi connectivity index (χ2n) is 9.35. The van der Waals surface area contributed by atoms with Crippen LogP contribution in [0.2, 0.25) is 0 Å². The summed E-state index contributed by atoms with van der Waals surface area (Å²) >= 11 is 0. The molecule has 0 aromatic heterocycles. The molecule has 1 saturated carbocycles. The maximum absolute atomic E-state index is 13.3. The number of hydrogen-bond acceptors (Lipinski definition) is 3. The molecule has 6 nitrogen and oxygen atoms in total. The number of likely N-dealkylation sites (tertiary alicyclic amines) is 1. The van der Waals surface area contributed by atoms with Crippen molar-refractivity contribution >= 4 is 28.6 Å². The number of imide groups is 1. The molecule has 3 fully saturated rings. The first-order valence-corrected chi connectivity index (χ1v) is 11.4. The molecule has 0 spiro atoms. The highest BCUT2D eigenvalue weighted by Gasteiger charge is 2.50. The number of nitrogens with one attached hydrogen (secondary N) is 1. The number of amides is 4. The number of rotatable bonds is 3. The summed E-state index contributed by atoms with van der Waals surface area (Å²) in [5.41, 5.74) is -0.443. The Labute approximate surface area is 182 Å². The van der Waals surface area contributed by atoms with Crippen molar-refractivity contribution in [3.63, 3.8) is 0 Å². The molecule has 6 heteroatoms. The van der Waals surface area contributed by atoms with E-state index in [1.165, 1.54) is 19.3 Å². The van der Waals surface area contributed by atoms with Crippen LogP contribution in [0.4, 0.5) is 4.79 Å². The van der Waals surface area contributed by atoms with Gasteiger partial charge in [-0.15, -0.1) is 0 Å². The van der Waals surface area contributed by atoms with Gasteiger partial charge in [-0.05, 0) is 60.9 Å². The zero-order valence-corrected chi connectivity index (χ0v) is 18.0.